The number of hydrogen-bond donors (Lipinski definition) is 0. The number of ether oxygens (including phenoxy) is 3. The maximum atomic E-state index is 5.74. The van der Waals surface area contributed by atoms with Crippen molar-refractivity contribution in [2.75, 3.05) is 33.5 Å². The first-order valence-electron chi connectivity index (χ1n) is 7.29. The fourth-order valence-corrected chi connectivity index (χ4v) is 2.67. The van der Waals surface area contributed by atoms with Gasteiger partial charge in [-0.25, -0.2) is 0 Å². The number of rotatable bonds is 7. The topological polar surface area (TPSA) is 27.7 Å². The van der Waals surface area contributed by atoms with Crippen LogP contribution in [-0.2, 0) is 15.9 Å². The molecule has 0 spiro atoms. The van der Waals surface area contributed by atoms with Crippen LogP contribution in [0.25, 0.3) is 11.1 Å². The highest BCUT2D eigenvalue weighted by atomic mass is 16.5. The predicted molar refractivity (Wildman–Crippen MR) is 82.9 cm³/mol. The minimum absolute atomic E-state index is 0.565. The first kappa shape index (κ1) is 14.1. The fraction of sp³-hybridized carbons (Fsp3) is 0.333. The van der Waals surface area contributed by atoms with Crippen molar-refractivity contribution in [2.24, 2.45) is 0 Å². The average Bonchev–Trinajstić information content (AvgIpc) is 2.88. The lowest BCUT2D eigenvalue weighted by Crippen LogP contribution is -2.10. The van der Waals surface area contributed by atoms with Crippen molar-refractivity contribution in [3.8, 4) is 16.9 Å². The van der Waals surface area contributed by atoms with Crippen molar-refractivity contribution >= 4 is 0 Å². The zero-order chi connectivity index (χ0) is 14.5. The lowest BCUT2D eigenvalue weighted by molar-refractivity contribution is 0.0544. The molecule has 0 saturated carbocycles. The molecule has 3 rings (SSSR count). The van der Waals surface area contributed by atoms with Crippen LogP contribution in [0.1, 0.15) is 11.1 Å². The Morgan fingerprint density at radius 1 is 0.857 bits per heavy atom. The highest BCUT2D eigenvalue weighted by Crippen LogP contribution is 2.37. The van der Waals surface area contributed by atoms with Gasteiger partial charge in [0.2, 0.25) is 0 Å². The molecule has 0 aliphatic heterocycles. The highest BCUT2D eigenvalue weighted by molar-refractivity contribution is 5.77. The molecule has 1 aliphatic rings. The van der Waals surface area contributed by atoms with E-state index >= 15 is 0 Å². The molecule has 21 heavy (non-hydrogen) atoms. The van der Waals surface area contributed by atoms with Crippen LogP contribution in [0.5, 0.6) is 5.75 Å². The van der Waals surface area contributed by atoms with Gasteiger partial charge in [-0.15, -0.1) is 0 Å². The highest BCUT2D eigenvalue weighted by Gasteiger charge is 2.17. The van der Waals surface area contributed by atoms with E-state index in [0.29, 0.717) is 26.4 Å². The standard InChI is InChI=1S/C18H20O3/c1-19-8-9-20-10-11-21-16-6-7-18-15(13-16)12-14-4-2-3-5-17(14)18/h2-7,13H,8-12H2,1H3. The maximum absolute atomic E-state index is 5.74. The Balaban J connectivity index is 1.57. The molecule has 0 amide bonds. The van der Waals surface area contributed by atoms with Gasteiger partial charge in [-0.3, -0.25) is 0 Å². The summed E-state index contributed by atoms with van der Waals surface area (Å²) in [5.74, 6) is 0.914. The molecule has 110 valence electrons. The van der Waals surface area contributed by atoms with Crippen molar-refractivity contribution in [1.29, 1.82) is 0 Å². The van der Waals surface area contributed by atoms with E-state index in [1.807, 2.05) is 6.07 Å². The van der Waals surface area contributed by atoms with Crippen LogP contribution in [0.4, 0.5) is 0 Å². The molecule has 0 saturated heterocycles. The first-order valence-corrected chi connectivity index (χ1v) is 7.29. The fourth-order valence-electron chi connectivity index (χ4n) is 2.67. The summed E-state index contributed by atoms with van der Waals surface area (Å²) < 4.78 is 16.1. The zero-order valence-corrected chi connectivity index (χ0v) is 12.3. The minimum Gasteiger partial charge on any atom is -0.491 e. The summed E-state index contributed by atoms with van der Waals surface area (Å²) in [4.78, 5) is 0. The Bertz CT molecular complexity index is 607. The molecule has 1 aliphatic carbocycles. The summed E-state index contributed by atoms with van der Waals surface area (Å²) in [5.41, 5.74) is 5.41. The summed E-state index contributed by atoms with van der Waals surface area (Å²) in [6.45, 7) is 2.38. The summed E-state index contributed by atoms with van der Waals surface area (Å²) in [5, 5.41) is 0. The number of methoxy groups -OCH3 is 1. The molecule has 0 N–H and O–H groups in total. The van der Waals surface area contributed by atoms with Crippen molar-refractivity contribution in [1.82, 2.24) is 0 Å². The van der Waals surface area contributed by atoms with Crippen molar-refractivity contribution in [3.63, 3.8) is 0 Å². The Hall–Kier alpha value is -1.84. The molecular weight excluding hydrogens is 264 g/mol. The van der Waals surface area contributed by atoms with Crippen LogP contribution in [-0.4, -0.2) is 33.5 Å². The van der Waals surface area contributed by atoms with Gasteiger partial charge in [0.05, 0.1) is 19.8 Å². The van der Waals surface area contributed by atoms with Gasteiger partial charge in [0.15, 0.2) is 0 Å². The Labute approximate surface area is 125 Å². The molecule has 3 heteroatoms. The second-order valence-corrected chi connectivity index (χ2v) is 5.11. The van der Waals surface area contributed by atoms with Gasteiger partial charge < -0.3 is 14.2 Å². The molecule has 3 nitrogen and oxygen atoms in total. The first-order chi connectivity index (χ1) is 10.4. The van der Waals surface area contributed by atoms with Crippen LogP contribution in [0.15, 0.2) is 42.5 Å². The van der Waals surface area contributed by atoms with Crippen LogP contribution >= 0.6 is 0 Å². The van der Waals surface area contributed by atoms with Gasteiger partial charge in [-0.05, 0) is 40.8 Å². The van der Waals surface area contributed by atoms with Crippen LogP contribution < -0.4 is 4.74 Å². The number of benzene rings is 2. The summed E-state index contributed by atoms with van der Waals surface area (Å²) in [6, 6.07) is 14.9. The largest absolute Gasteiger partial charge is 0.491 e. The zero-order valence-electron chi connectivity index (χ0n) is 12.3. The van der Waals surface area contributed by atoms with Gasteiger partial charge in [0.1, 0.15) is 12.4 Å². The van der Waals surface area contributed by atoms with E-state index in [1.165, 1.54) is 22.3 Å². The van der Waals surface area contributed by atoms with E-state index in [4.69, 9.17) is 14.2 Å². The summed E-state index contributed by atoms with van der Waals surface area (Å²) in [6.07, 6.45) is 0.993. The van der Waals surface area contributed by atoms with E-state index in [-0.39, 0.29) is 0 Å². The second kappa shape index (κ2) is 6.74. The Morgan fingerprint density at radius 2 is 1.67 bits per heavy atom. The van der Waals surface area contributed by atoms with Gasteiger partial charge in [-0.1, -0.05) is 30.3 Å². The lowest BCUT2D eigenvalue weighted by atomic mass is 10.1. The molecular formula is C18H20O3. The van der Waals surface area contributed by atoms with E-state index in [1.54, 1.807) is 7.11 Å². The molecule has 0 heterocycles. The SMILES string of the molecule is COCCOCCOc1ccc2c(c1)Cc1ccccc1-2. The van der Waals surface area contributed by atoms with Crippen LogP contribution in [0.3, 0.4) is 0 Å². The third-order valence-electron chi connectivity index (χ3n) is 3.69. The Morgan fingerprint density at radius 3 is 2.57 bits per heavy atom. The molecule has 0 bridgehead atoms. The summed E-state index contributed by atoms with van der Waals surface area (Å²) in [7, 11) is 1.67. The second-order valence-electron chi connectivity index (χ2n) is 5.11. The van der Waals surface area contributed by atoms with Crippen molar-refractivity contribution in [2.45, 2.75) is 6.42 Å². The van der Waals surface area contributed by atoms with E-state index < -0.39 is 0 Å². The van der Waals surface area contributed by atoms with E-state index in [9.17, 15) is 0 Å². The summed E-state index contributed by atoms with van der Waals surface area (Å²) >= 11 is 0. The number of hydrogen-bond acceptors (Lipinski definition) is 3. The van der Waals surface area contributed by atoms with Gasteiger partial charge in [-0.2, -0.15) is 0 Å². The molecule has 0 fully saturated rings. The third kappa shape index (κ3) is 3.26. The normalized spacial score (nSPS) is 12.0. The van der Waals surface area contributed by atoms with E-state index in [0.717, 1.165) is 12.2 Å². The van der Waals surface area contributed by atoms with Gasteiger partial charge in [0, 0.05) is 7.11 Å². The van der Waals surface area contributed by atoms with Crippen LogP contribution in [0, 0.1) is 0 Å². The molecule has 2 aromatic rings. The molecule has 2 aromatic carbocycles. The average molecular weight is 284 g/mol. The predicted octanol–water partition coefficient (Wildman–Crippen LogP) is 3.30. The monoisotopic (exact) mass is 284 g/mol. The quantitative estimate of drug-likeness (QED) is 0.623. The third-order valence-corrected chi connectivity index (χ3v) is 3.69. The molecule has 0 unspecified atom stereocenters. The molecule has 0 radical (unpaired) electrons. The van der Waals surface area contributed by atoms with Gasteiger partial charge in [0.25, 0.3) is 0 Å². The maximum Gasteiger partial charge on any atom is 0.119 e. The Kier molecular flexibility index (Phi) is 4.53. The van der Waals surface area contributed by atoms with E-state index in [2.05, 4.69) is 36.4 Å². The smallest absolute Gasteiger partial charge is 0.119 e. The molecule has 0 aromatic heterocycles. The van der Waals surface area contributed by atoms with Crippen molar-refractivity contribution in [3.05, 3.63) is 53.6 Å². The number of fused-ring (bicyclic) bond motifs is 3. The molecule has 0 atom stereocenters. The minimum atomic E-state index is 0.565. The van der Waals surface area contributed by atoms with Crippen molar-refractivity contribution < 1.29 is 14.2 Å². The lowest BCUT2D eigenvalue weighted by Gasteiger charge is -2.09. The van der Waals surface area contributed by atoms with Gasteiger partial charge >= 0.3 is 0 Å². The van der Waals surface area contributed by atoms with Crippen LogP contribution in [0.2, 0.25) is 0 Å².